The van der Waals surface area contributed by atoms with Crippen molar-refractivity contribution in [3.05, 3.63) is 31.5 Å². The van der Waals surface area contributed by atoms with Gasteiger partial charge in [-0.1, -0.05) is 0 Å². The van der Waals surface area contributed by atoms with E-state index in [0.717, 1.165) is 18.1 Å². The van der Waals surface area contributed by atoms with Crippen molar-refractivity contribution in [3.8, 4) is 0 Å². The van der Waals surface area contributed by atoms with Gasteiger partial charge in [-0.25, -0.2) is 28.1 Å². The van der Waals surface area contributed by atoms with Crippen molar-refractivity contribution in [3.63, 3.8) is 0 Å². The van der Waals surface area contributed by atoms with Crippen molar-refractivity contribution in [1.82, 2.24) is 13.7 Å². The Hall–Kier alpha value is -1.06. The minimum absolute atomic E-state index is 0.286. The molecule has 1 heterocycles. The molecule has 0 unspecified atom stereocenters. The third kappa shape index (κ3) is 9.25. The van der Waals surface area contributed by atoms with Crippen LogP contribution in [0.4, 0.5) is 0 Å². The van der Waals surface area contributed by atoms with Gasteiger partial charge in [0, 0.05) is 41.0 Å². The van der Waals surface area contributed by atoms with E-state index in [2.05, 4.69) is 39.3 Å². The lowest BCUT2D eigenvalue weighted by Crippen LogP contribution is -2.54. The van der Waals surface area contributed by atoms with Crippen LogP contribution in [0.2, 0.25) is 57.4 Å². The maximum atomic E-state index is 13.2. The molecule has 0 saturated carbocycles. The van der Waals surface area contributed by atoms with Crippen LogP contribution in [-0.2, 0) is 32.9 Å². The molecule has 0 aliphatic carbocycles. The van der Waals surface area contributed by atoms with E-state index in [1.54, 1.807) is 21.3 Å². The van der Waals surface area contributed by atoms with E-state index in [0.29, 0.717) is 19.3 Å². The van der Waals surface area contributed by atoms with Crippen LogP contribution in [0.3, 0.4) is 0 Å². The van der Waals surface area contributed by atoms with Crippen LogP contribution in [-0.4, -0.2) is 60.0 Å². The smallest absolute Gasteiger partial charge is 0.336 e. The van der Waals surface area contributed by atoms with E-state index in [4.69, 9.17) is 13.3 Å². The van der Waals surface area contributed by atoms with Crippen LogP contribution in [0.1, 0.15) is 19.3 Å². The van der Waals surface area contributed by atoms with E-state index >= 15 is 0 Å². The summed E-state index contributed by atoms with van der Waals surface area (Å²) in [7, 11) is -0.295. The van der Waals surface area contributed by atoms with Gasteiger partial charge >= 0.3 is 17.1 Å². The lowest BCUT2D eigenvalue weighted by atomic mass is 10.4. The number of aromatic nitrogens is 3. The zero-order valence-electron chi connectivity index (χ0n) is 22.2. The zero-order valence-corrected chi connectivity index (χ0v) is 25.2. The molecule has 9 nitrogen and oxygen atoms in total. The Morgan fingerprint density at radius 1 is 0.515 bits per heavy atom. The average Bonchev–Trinajstić information content (AvgIpc) is 2.75. The van der Waals surface area contributed by atoms with E-state index < -0.39 is 42.0 Å². The van der Waals surface area contributed by atoms with E-state index in [-0.39, 0.29) is 19.6 Å². The van der Waals surface area contributed by atoms with Gasteiger partial charge in [0.1, 0.15) is 0 Å². The zero-order chi connectivity index (χ0) is 25.4. The fourth-order valence-corrected chi connectivity index (χ4v) is 7.19. The summed E-state index contributed by atoms with van der Waals surface area (Å²) in [5, 5.41) is 0. The quantitative estimate of drug-likeness (QED) is 0.331. The molecule has 0 N–H and O–H groups in total. The van der Waals surface area contributed by atoms with Crippen LogP contribution in [0.25, 0.3) is 0 Å². The van der Waals surface area contributed by atoms with Gasteiger partial charge in [0.2, 0.25) is 0 Å². The first kappa shape index (κ1) is 30.0. The monoisotopic (exact) mass is 519 g/mol. The molecule has 0 bridgehead atoms. The molecular weight excluding hydrogens is 475 g/mol. The van der Waals surface area contributed by atoms with E-state index in [1.165, 1.54) is 13.7 Å². The number of rotatable bonds is 15. The molecule has 1 rings (SSSR count). The molecule has 0 saturated heterocycles. The summed E-state index contributed by atoms with van der Waals surface area (Å²) in [5.74, 6) is 0. The SMILES string of the molecule is CO[Si](C)(C)CCCn1c(=O)n(CCC[Si](C)(C)OC)c(=O)n(CCC[Si](C)(C)OC)c1=O. The molecule has 12 heteroatoms. The maximum Gasteiger partial charge on any atom is 0.336 e. The second-order valence-corrected chi connectivity index (χ2v) is 23.8. The van der Waals surface area contributed by atoms with Crippen molar-refractivity contribution < 1.29 is 13.3 Å². The Morgan fingerprint density at radius 3 is 0.909 bits per heavy atom. The summed E-state index contributed by atoms with van der Waals surface area (Å²) in [6.45, 7) is 13.5. The van der Waals surface area contributed by atoms with Gasteiger partial charge in [-0.15, -0.1) is 0 Å². The second-order valence-electron chi connectivity index (χ2n) is 10.5. The predicted octanol–water partition coefficient (Wildman–Crippen LogP) is 2.90. The molecule has 0 radical (unpaired) electrons. The van der Waals surface area contributed by atoms with Crippen LogP contribution in [0.15, 0.2) is 14.4 Å². The second kappa shape index (κ2) is 12.6. The van der Waals surface area contributed by atoms with Gasteiger partial charge in [-0.05, 0) is 76.7 Å². The predicted molar refractivity (Wildman–Crippen MR) is 141 cm³/mol. The summed E-state index contributed by atoms with van der Waals surface area (Å²) in [4.78, 5) is 39.5. The van der Waals surface area contributed by atoms with Crippen molar-refractivity contribution in [2.24, 2.45) is 0 Å². The molecule has 0 aromatic carbocycles. The molecule has 0 amide bonds. The summed E-state index contributed by atoms with van der Waals surface area (Å²) < 4.78 is 20.5. The van der Waals surface area contributed by atoms with E-state index in [1.807, 2.05) is 0 Å². The minimum atomic E-state index is -1.81. The lowest BCUT2D eigenvalue weighted by molar-refractivity contribution is 0.389. The summed E-state index contributed by atoms with van der Waals surface area (Å²) in [6.07, 6.45) is 1.98. The van der Waals surface area contributed by atoms with Gasteiger partial charge in [-0.2, -0.15) is 0 Å². The molecule has 0 spiro atoms. The number of hydrogen-bond acceptors (Lipinski definition) is 6. The Bertz CT molecular complexity index is 787. The van der Waals surface area contributed by atoms with Gasteiger partial charge in [-0.3, -0.25) is 0 Å². The number of hydrogen-bond donors (Lipinski definition) is 0. The third-order valence-electron chi connectivity index (χ3n) is 6.52. The highest BCUT2D eigenvalue weighted by molar-refractivity contribution is 6.71. The van der Waals surface area contributed by atoms with Gasteiger partial charge < -0.3 is 13.3 Å². The van der Waals surface area contributed by atoms with Crippen LogP contribution in [0, 0.1) is 0 Å². The fourth-order valence-electron chi connectivity index (χ4n) is 3.55. The van der Waals surface area contributed by atoms with Crippen molar-refractivity contribution in [1.29, 1.82) is 0 Å². The molecule has 0 aliphatic rings. The first-order valence-electron chi connectivity index (χ1n) is 11.8. The first-order valence-corrected chi connectivity index (χ1v) is 21.1. The Morgan fingerprint density at radius 2 is 0.727 bits per heavy atom. The topological polar surface area (TPSA) is 93.7 Å². The minimum Gasteiger partial charge on any atom is -0.420 e. The summed E-state index contributed by atoms with van der Waals surface area (Å²) in [6, 6.07) is 2.49. The Kier molecular flexibility index (Phi) is 11.4. The molecular formula is C21H45N3O6Si3. The highest BCUT2D eigenvalue weighted by Crippen LogP contribution is 2.14. The Labute approximate surface area is 201 Å². The maximum absolute atomic E-state index is 13.2. The van der Waals surface area contributed by atoms with Crippen LogP contribution >= 0.6 is 0 Å². The molecule has 33 heavy (non-hydrogen) atoms. The molecule has 0 atom stereocenters. The lowest BCUT2D eigenvalue weighted by Gasteiger charge is -2.22. The first-order chi connectivity index (χ1) is 15.2. The normalized spacial score (nSPS) is 13.0. The van der Waals surface area contributed by atoms with Gasteiger partial charge in [0.05, 0.1) is 0 Å². The van der Waals surface area contributed by atoms with Crippen LogP contribution in [0.5, 0.6) is 0 Å². The molecule has 192 valence electrons. The highest BCUT2D eigenvalue weighted by atomic mass is 28.4. The van der Waals surface area contributed by atoms with Gasteiger partial charge in [0.15, 0.2) is 25.0 Å². The van der Waals surface area contributed by atoms with E-state index in [9.17, 15) is 14.4 Å². The summed E-state index contributed by atoms with van der Waals surface area (Å²) in [5.41, 5.74) is -1.54. The fraction of sp³-hybridized carbons (Fsp3) is 0.857. The van der Waals surface area contributed by atoms with Crippen LogP contribution < -0.4 is 17.1 Å². The molecule has 0 fully saturated rings. The molecule has 1 aromatic heterocycles. The summed E-state index contributed by atoms with van der Waals surface area (Å²) >= 11 is 0. The number of nitrogens with zero attached hydrogens (tertiary/aromatic N) is 3. The highest BCUT2D eigenvalue weighted by Gasteiger charge is 2.24. The standard InChI is InChI=1S/C21H45N3O6Si3/c1-28-31(4,5)16-10-13-22-19(25)23(14-11-17-32(6,7)29-2)21(27)24(20(22)26)15-12-18-33(8,9)30-3/h10-18H2,1-9H3. The third-order valence-corrected chi connectivity index (χ3v) is 14.5. The molecule has 1 aromatic rings. The average molecular weight is 520 g/mol. The Balaban J connectivity index is 3.25. The van der Waals surface area contributed by atoms with Gasteiger partial charge in [0.25, 0.3) is 0 Å². The van der Waals surface area contributed by atoms with Crippen molar-refractivity contribution >= 4 is 25.0 Å². The largest absolute Gasteiger partial charge is 0.420 e. The molecule has 0 aliphatic heterocycles. The van der Waals surface area contributed by atoms with Crippen molar-refractivity contribution in [2.45, 2.75) is 96.3 Å². The van der Waals surface area contributed by atoms with Crippen molar-refractivity contribution in [2.75, 3.05) is 21.3 Å².